The van der Waals surface area contributed by atoms with Crippen molar-refractivity contribution in [3.63, 3.8) is 0 Å². The summed E-state index contributed by atoms with van der Waals surface area (Å²) in [5, 5.41) is 11.9. The van der Waals surface area contributed by atoms with Gasteiger partial charge in [-0.2, -0.15) is 5.26 Å². The summed E-state index contributed by atoms with van der Waals surface area (Å²) in [5.41, 5.74) is 10.2. The Labute approximate surface area is 323 Å². The molecule has 55 heavy (non-hydrogen) atoms. The van der Waals surface area contributed by atoms with Crippen molar-refractivity contribution in [2.45, 2.75) is 62.9 Å². The predicted octanol–water partition coefficient (Wildman–Crippen LogP) is 6.22. The lowest BCUT2D eigenvalue weighted by Gasteiger charge is -2.40. The van der Waals surface area contributed by atoms with E-state index in [1.807, 2.05) is 18.2 Å². The molecular formula is C46H48N6O3. The molecule has 0 bridgehead atoms. The lowest BCUT2D eigenvalue weighted by molar-refractivity contribution is -0.136. The van der Waals surface area contributed by atoms with Crippen LogP contribution in [0.15, 0.2) is 91.0 Å². The molecule has 9 nitrogen and oxygen atoms in total. The zero-order valence-corrected chi connectivity index (χ0v) is 31.3. The second-order valence-electron chi connectivity index (χ2n) is 16.1. The standard InChI is InChI=1S/C46H48N6O3/c47-28-32-6-13-40-35(26-32)9-14-39(33-4-2-1-3-5-33)44(40)34-7-10-37(11-8-34)50-20-18-31(19-21-50)29-49-22-24-51(25-23-49)38-12-15-41-36(27-38)30-52(46(41)55)42-16-17-43(53)48-45(42)54/h1-8,10-13,15,26-27,31,39,42,44H,9,14,16-25,29-30H2,(H,48,53,54)/t39-,42+,44+/m1/s1. The number of rotatable bonds is 7. The van der Waals surface area contributed by atoms with E-state index < -0.39 is 6.04 Å². The molecule has 4 heterocycles. The first-order valence-corrected chi connectivity index (χ1v) is 20.1. The van der Waals surface area contributed by atoms with E-state index in [4.69, 9.17) is 0 Å². The van der Waals surface area contributed by atoms with Crippen LogP contribution in [0.5, 0.6) is 0 Å². The van der Waals surface area contributed by atoms with Gasteiger partial charge in [0.1, 0.15) is 6.04 Å². The molecule has 1 N–H and O–H groups in total. The SMILES string of the molecule is N#Cc1ccc2c(c1)CC[C@H](c1ccccc1)[C@@H]2c1ccc(N2CCC(CN3CCN(c4ccc5c(c4)CN([C@H]4CCC(=O)NC4=O)C5=O)CC3)CC2)cc1. The van der Waals surface area contributed by atoms with Gasteiger partial charge in [-0.3, -0.25) is 24.6 Å². The Morgan fingerprint density at radius 2 is 1.44 bits per heavy atom. The number of amides is 3. The fourth-order valence-electron chi connectivity index (χ4n) is 9.94. The largest absolute Gasteiger partial charge is 0.372 e. The third kappa shape index (κ3) is 7.00. The van der Waals surface area contributed by atoms with Crippen LogP contribution in [0.4, 0.5) is 11.4 Å². The molecule has 4 aliphatic heterocycles. The van der Waals surface area contributed by atoms with Crippen LogP contribution in [0.2, 0.25) is 0 Å². The van der Waals surface area contributed by atoms with Gasteiger partial charge >= 0.3 is 0 Å². The summed E-state index contributed by atoms with van der Waals surface area (Å²) in [7, 11) is 0. The van der Waals surface area contributed by atoms with Gasteiger partial charge in [0.25, 0.3) is 5.91 Å². The lowest BCUT2D eigenvalue weighted by Crippen LogP contribution is -2.52. The Kier molecular flexibility index (Phi) is 9.61. The number of imide groups is 1. The Bertz CT molecular complexity index is 2130. The quantitative estimate of drug-likeness (QED) is 0.226. The number of anilines is 2. The molecule has 4 aromatic rings. The molecule has 3 fully saturated rings. The highest BCUT2D eigenvalue weighted by molar-refractivity contribution is 6.05. The van der Waals surface area contributed by atoms with E-state index in [2.05, 4.69) is 98.9 Å². The lowest BCUT2D eigenvalue weighted by atomic mass is 9.69. The number of carbonyl (C=O) groups is 3. The number of nitrogens with one attached hydrogen (secondary N) is 1. The third-order valence-electron chi connectivity index (χ3n) is 13.0. The molecule has 3 atom stereocenters. The average molecular weight is 733 g/mol. The number of benzene rings is 4. The average Bonchev–Trinajstić information content (AvgIpc) is 3.55. The summed E-state index contributed by atoms with van der Waals surface area (Å²) in [5.74, 6) is 0.600. The minimum atomic E-state index is -0.587. The Hall–Kier alpha value is -5.46. The van der Waals surface area contributed by atoms with E-state index in [0.29, 0.717) is 30.4 Å². The van der Waals surface area contributed by atoms with E-state index in [0.717, 1.165) is 75.5 Å². The van der Waals surface area contributed by atoms with Gasteiger partial charge in [-0.25, -0.2) is 0 Å². The first kappa shape index (κ1) is 35.3. The van der Waals surface area contributed by atoms with Crippen molar-refractivity contribution >= 4 is 29.1 Å². The van der Waals surface area contributed by atoms with Gasteiger partial charge in [0.05, 0.1) is 11.6 Å². The second-order valence-corrected chi connectivity index (χ2v) is 16.1. The van der Waals surface area contributed by atoms with Crippen LogP contribution in [0.3, 0.4) is 0 Å². The summed E-state index contributed by atoms with van der Waals surface area (Å²) in [4.78, 5) is 46.5. The number of hydrogen-bond donors (Lipinski definition) is 1. The monoisotopic (exact) mass is 732 g/mol. The minimum absolute atomic E-state index is 0.122. The number of piperazine rings is 1. The van der Waals surface area contributed by atoms with Crippen LogP contribution in [-0.4, -0.2) is 79.4 Å². The van der Waals surface area contributed by atoms with Gasteiger partial charge in [0.15, 0.2) is 0 Å². The minimum Gasteiger partial charge on any atom is -0.372 e. The summed E-state index contributed by atoms with van der Waals surface area (Å²) in [6, 6.07) is 34.4. The number of nitrogens with zero attached hydrogens (tertiary/aromatic N) is 5. The fraction of sp³-hybridized carbons (Fsp3) is 0.391. The first-order valence-electron chi connectivity index (χ1n) is 20.1. The van der Waals surface area contributed by atoms with Crippen molar-refractivity contribution < 1.29 is 14.4 Å². The molecule has 0 spiro atoms. The van der Waals surface area contributed by atoms with Crippen LogP contribution >= 0.6 is 0 Å². The Balaban J connectivity index is 0.784. The zero-order chi connectivity index (χ0) is 37.5. The summed E-state index contributed by atoms with van der Waals surface area (Å²) in [6.07, 6.45) is 5.10. The van der Waals surface area contributed by atoms with Crippen molar-refractivity contribution in [3.8, 4) is 6.07 Å². The summed E-state index contributed by atoms with van der Waals surface area (Å²) < 4.78 is 0. The van der Waals surface area contributed by atoms with Crippen LogP contribution in [0.25, 0.3) is 0 Å². The third-order valence-corrected chi connectivity index (χ3v) is 13.0. The van der Waals surface area contributed by atoms with E-state index in [1.165, 1.54) is 40.8 Å². The number of nitriles is 1. The molecule has 1 aliphatic carbocycles. The predicted molar refractivity (Wildman–Crippen MR) is 213 cm³/mol. The number of fused-ring (bicyclic) bond motifs is 2. The van der Waals surface area contributed by atoms with E-state index >= 15 is 0 Å². The van der Waals surface area contributed by atoms with Crippen LogP contribution in [0, 0.1) is 17.2 Å². The van der Waals surface area contributed by atoms with Gasteiger partial charge in [-0.05, 0) is 114 Å². The molecule has 5 aliphatic rings. The van der Waals surface area contributed by atoms with Crippen LogP contribution in [0.1, 0.15) is 87.7 Å². The molecule has 3 saturated heterocycles. The first-order chi connectivity index (χ1) is 26.9. The highest BCUT2D eigenvalue weighted by Gasteiger charge is 2.39. The van der Waals surface area contributed by atoms with Crippen molar-refractivity contribution in [3.05, 3.63) is 130 Å². The molecule has 0 radical (unpaired) electrons. The zero-order valence-electron chi connectivity index (χ0n) is 31.3. The maximum atomic E-state index is 13.2. The fourth-order valence-corrected chi connectivity index (χ4v) is 9.94. The van der Waals surface area contributed by atoms with Gasteiger partial charge in [-0.1, -0.05) is 48.5 Å². The van der Waals surface area contributed by atoms with Crippen molar-refractivity contribution in [1.29, 1.82) is 5.26 Å². The maximum Gasteiger partial charge on any atom is 0.255 e. The number of aryl methyl sites for hydroxylation is 1. The number of carbonyl (C=O) groups excluding carboxylic acids is 3. The molecule has 4 aromatic carbocycles. The summed E-state index contributed by atoms with van der Waals surface area (Å²) in [6.45, 7) is 7.63. The normalized spacial score (nSPS) is 23.3. The molecule has 0 aromatic heterocycles. The number of piperidine rings is 2. The molecular weight excluding hydrogens is 685 g/mol. The highest BCUT2D eigenvalue weighted by atomic mass is 16.2. The molecule has 9 heteroatoms. The van der Waals surface area contributed by atoms with Crippen LogP contribution in [-0.2, 0) is 22.6 Å². The van der Waals surface area contributed by atoms with E-state index in [9.17, 15) is 19.6 Å². The van der Waals surface area contributed by atoms with Crippen molar-refractivity contribution in [2.75, 3.05) is 55.6 Å². The van der Waals surface area contributed by atoms with Crippen molar-refractivity contribution in [2.24, 2.45) is 5.92 Å². The van der Waals surface area contributed by atoms with Crippen LogP contribution < -0.4 is 15.1 Å². The van der Waals surface area contributed by atoms with Crippen molar-refractivity contribution in [1.82, 2.24) is 15.1 Å². The smallest absolute Gasteiger partial charge is 0.255 e. The Morgan fingerprint density at radius 1 is 0.691 bits per heavy atom. The summed E-state index contributed by atoms with van der Waals surface area (Å²) >= 11 is 0. The second kappa shape index (κ2) is 15.0. The molecule has 3 amide bonds. The number of hydrogen-bond acceptors (Lipinski definition) is 7. The highest BCUT2D eigenvalue weighted by Crippen LogP contribution is 2.47. The Morgan fingerprint density at radius 3 is 2.18 bits per heavy atom. The topological polar surface area (TPSA) is 100.0 Å². The molecule has 0 saturated carbocycles. The van der Waals surface area contributed by atoms with Gasteiger partial charge in [-0.15, -0.1) is 0 Å². The van der Waals surface area contributed by atoms with Gasteiger partial charge in [0, 0.05) is 81.6 Å². The van der Waals surface area contributed by atoms with E-state index in [1.54, 1.807) is 4.90 Å². The molecule has 9 rings (SSSR count). The van der Waals surface area contributed by atoms with Gasteiger partial charge in [0.2, 0.25) is 11.8 Å². The van der Waals surface area contributed by atoms with E-state index in [-0.39, 0.29) is 30.1 Å². The maximum absolute atomic E-state index is 13.2. The van der Waals surface area contributed by atoms with Gasteiger partial charge < -0.3 is 14.7 Å². The molecule has 0 unspecified atom stereocenters. The molecule has 280 valence electrons.